The molecule has 5 nitrogen and oxygen atoms in total. The Balaban J connectivity index is 2.24. The third-order valence-corrected chi connectivity index (χ3v) is 3.68. The summed E-state index contributed by atoms with van der Waals surface area (Å²) in [5, 5.41) is 3.05. The fourth-order valence-corrected chi connectivity index (χ4v) is 2.45. The van der Waals surface area contributed by atoms with Crippen LogP contribution in [0.5, 0.6) is 11.5 Å². The highest BCUT2D eigenvalue weighted by molar-refractivity contribution is 6.32. The Labute approximate surface area is 151 Å². The summed E-state index contributed by atoms with van der Waals surface area (Å²) in [7, 11) is 1.49. The zero-order valence-corrected chi connectivity index (χ0v) is 15.3. The molecule has 1 amide bonds. The summed E-state index contributed by atoms with van der Waals surface area (Å²) in [5.74, 6) is 0.418. The van der Waals surface area contributed by atoms with Crippen molar-refractivity contribution < 1.29 is 19.1 Å². The van der Waals surface area contributed by atoms with E-state index in [2.05, 4.69) is 5.32 Å². The van der Waals surface area contributed by atoms with E-state index in [-0.39, 0.29) is 17.8 Å². The van der Waals surface area contributed by atoms with Gasteiger partial charge in [-0.25, -0.2) is 0 Å². The van der Waals surface area contributed by atoms with Gasteiger partial charge in [-0.15, -0.1) is 0 Å². The number of ether oxygens (including phenoxy) is 2. The minimum atomic E-state index is -0.341. The predicted molar refractivity (Wildman–Crippen MR) is 98.2 cm³/mol. The van der Waals surface area contributed by atoms with E-state index in [1.54, 1.807) is 30.3 Å². The van der Waals surface area contributed by atoms with Crippen LogP contribution in [-0.2, 0) is 0 Å². The number of carbonyl (C=O) groups is 2. The molecular weight excluding hydrogens is 342 g/mol. The minimum absolute atomic E-state index is 0.0323. The monoisotopic (exact) mass is 361 g/mol. The summed E-state index contributed by atoms with van der Waals surface area (Å²) in [6.07, 6.45) is -0.0779. The molecule has 0 bridgehead atoms. The molecule has 0 aliphatic heterocycles. The van der Waals surface area contributed by atoms with Crippen LogP contribution in [0.3, 0.4) is 0 Å². The SMILES string of the molecule is COc1cc(C(=O)Nc2ccc(C(C)=O)cc2)cc(Cl)c1OC(C)C. The Hall–Kier alpha value is -2.53. The van der Waals surface area contributed by atoms with Crippen LogP contribution < -0.4 is 14.8 Å². The highest BCUT2D eigenvalue weighted by Crippen LogP contribution is 2.37. The summed E-state index contributed by atoms with van der Waals surface area (Å²) >= 11 is 6.24. The Kier molecular flexibility index (Phi) is 6.04. The van der Waals surface area contributed by atoms with Gasteiger partial charge >= 0.3 is 0 Å². The van der Waals surface area contributed by atoms with Crippen LogP contribution in [0.1, 0.15) is 41.5 Å². The molecule has 25 heavy (non-hydrogen) atoms. The third kappa shape index (κ3) is 4.73. The molecule has 0 fully saturated rings. The number of nitrogens with one attached hydrogen (secondary N) is 1. The predicted octanol–water partition coefficient (Wildman–Crippen LogP) is 4.59. The molecule has 0 aromatic heterocycles. The van der Waals surface area contributed by atoms with Crippen LogP contribution in [0.2, 0.25) is 5.02 Å². The Morgan fingerprint density at radius 3 is 2.24 bits per heavy atom. The average Bonchev–Trinajstić information content (AvgIpc) is 2.56. The molecule has 2 aromatic rings. The number of methoxy groups -OCH3 is 1. The molecule has 0 heterocycles. The Morgan fingerprint density at radius 1 is 1.08 bits per heavy atom. The lowest BCUT2D eigenvalue weighted by Crippen LogP contribution is -2.13. The topological polar surface area (TPSA) is 64.6 Å². The summed E-state index contributed by atoms with van der Waals surface area (Å²) in [6.45, 7) is 5.24. The van der Waals surface area contributed by atoms with Gasteiger partial charge in [0.1, 0.15) is 0 Å². The lowest BCUT2D eigenvalue weighted by atomic mass is 10.1. The van der Waals surface area contributed by atoms with Crippen molar-refractivity contribution in [3.8, 4) is 11.5 Å². The summed E-state index contributed by atoms with van der Waals surface area (Å²) < 4.78 is 10.9. The first-order valence-corrected chi connectivity index (χ1v) is 8.16. The quantitative estimate of drug-likeness (QED) is 0.764. The maximum absolute atomic E-state index is 12.5. The van der Waals surface area contributed by atoms with Crippen LogP contribution in [0.25, 0.3) is 0 Å². The van der Waals surface area contributed by atoms with E-state index in [1.165, 1.54) is 20.1 Å². The zero-order chi connectivity index (χ0) is 18.6. The van der Waals surface area contributed by atoms with Gasteiger partial charge in [0.05, 0.1) is 18.2 Å². The second kappa shape index (κ2) is 8.03. The second-order valence-electron chi connectivity index (χ2n) is 5.74. The number of hydrogen-bond acceptors (Lipinski definition) is 4. The normalized spacial score (nSPS) is 10.5. The fraction of sp³-hybridized carbons (Fsp3) is 0.263. The maximum Gasteiger partial charge on any atom is 0.255 e. The smallest absolute Gasteiger partial charge is 0.255 e. The van der Waals surface area contributed by atoms with Crippen molar-refractivity contribution >= 4 is 29.0 Å². The van der Waals surface area contributed by atoms with Crippen LogP contribution in [0, 0.1) is 0 Å². The standard InChI is InChI=1S/C19H20ClNO4/c1-11(2)25-18-16(20)9-14(10-17(18)24-4)19(23)21-15-7-5-13(6-8-15)12(3)22/h5-11H,1-4H3,(H,21,23). The molecule has 0 radical (unpaired) electrons. The van der Waals surface area contributed by atoms with Crippen molar-refractivity contribution in [3.05, 3.63) is 52.5 Å². The van der Waals surface area contributed by atoms with Crippen molar-refractivity contribution in [2.45, 2.75) is 26.9 Å². The van der Waals surface area contributed by atoms with E-state index in [0.717, 1.165) is 0 Å². The van der Waals surface area contributed by atoms with Crippen LogP contribution >= 0.6 is 11.6 Å². The number of rotatable bonds is 6. The minimum Gasteiger partial charge on any atom is -0.493 e. The molecule has 2 rings (SSSR count). The van der Waals surface area contributed by atoms with Crippen molar-refractivity contribution in [2.24, 2.45) is 0 Å². The highest BCUT2D eigenvalue weighted by Gasteiger charge is 2.17. The molecule has 0 atom stereocenters. The molecule has 0 unspecified atom stereocenters. The van der Waals surface area contributed by atoms with Crippen molar-refractivity contribution in [1.29, 1.82) is 0 Å². The van der Waals surface area contributed by atoms with Crippen LogP contribution in [0.15, 0.2) is 36.4 Å². The number of hydrogen-bond donors (Lipinski definition) is 1. The number of ketones is 1. The average molecular weight is 362 g/mol. The molecule has 0 saturated heterocycles. The Morgan fingerprint density at radius 2 is 1.72 bits per heavy atom. The lowest BCUT2D eigenvalue weighted by molar-refractivity contribution is 0.101. The first-order valence-electron chi connectivity index (χ1n) is 7.78. The molecule has 132 valence electrons. The second-order valence-corrected chi connectivity index (χ2v) is 6.15. The van der Waals surface area contributed by atoms with Crippen LogP contribution in [-0.4, -0.2) is 24.9 Å². The number of halogens is 1. The van der Waals surface area contributed by atoms with E-state index in [0.29, 0.717) is 33.3 Å². The Bertz CT molecular complexity index is 785. The molecule has 0 spiro atoms. The van der Waals surface area contributed by atoms with Crippen LogP contribution in [0.4, 0.5) is 5.69 Å². The molecular formula is C19H20ClNO4. The lowest BCUT2D eigenvalue weighted by Gasteiger charge is -2.16. The van der Waals surface area contributed by atoms with Crippen molar-refractivity contribution in [2.75, 3.05) is 12.4 Å². The van der Waals surface area contributed by atoms with Gasteiger partial charge in [-0.2, -0.15) is 0 Å². The van der Waals surface area contributed by atoms with E-state index in [4.69, 9.17) is 21.1 Å². The summed E-state index contributed by atoms with van der Waals surface area (Å²) in [6, 6.07) is 9.76. The third-order valence-electron chi connectivity index (χ3n) is 3.39. The number of amides is 1. The summed E-state index contributed by atoms with van der Waals surface area (Å²) in [4.78, 5) is 23.7. The highest BCUT2D eigenvalue weighted by atomic mass is 35.5. The number of Topliss-reactive ketones (excluding diaryl/α,β-unsaturated/α-hetero) is 1. The van der Waals surface area contributed by atoms with Gasteiger partial charge < -0.3 is 14.8 Å². The molecule has 0 saturated carbocycles. The van der Waals surface area contributed by atoms with Crippen molar-refractivity contribution in [3.63, 3.8) is 0 Å². The molecule has 6 heteroatoms. The number of carbonyl (C=O) groups excluding carboxylic acids is 2. The van der Waals surface area contributed by atoms with Gasteiger partial charge in [0.25, 0.3) is 5.91 Å². The number of anilines is 1. The molecule has 2 aromatic carbocycles. The van der Waals surface area contributed by atoms with Gasteiger partial charge in [0.15, 0.2) is 17.3 Å². The fourth-order valence-electron chi connectivity index (χ4n) is 2.19. The van der Waals surface area contributed by atoms with Gasteiger partial charge in [-0.1, -0.05) is 11.6 Å². The molecule has 0 aliphatic carbocycles. The number of benzene rings is 2. The van der Waals surface area contributed by atoms with E-state index >= 15 is 0 Å². The zero-order valence-electron chi connectivity index (χ0n) is 14.6. The first-order chi connectivity index (χ1) is 11.8. The van der Waals surface area contributed by atoms with Gasteiger partial charge in [-0.3, -0.25) is 9.59 Å². The van der Waals surface area contributed by atoms with Crippen molar-refractivity contribution in [1.82, 2.24) is 0 Å². The van der Waals surface area contributed by atoms with E-state index < -0.39 is 0 Å². The summed E-state index contributed by atoms with van der Waals surface area (Å²) in [5.41, 5.74) is 1.50. The van der Waals surface area contributed by atoms with E-state index in [9.17, 15) is 9.59 Å². The largest absolute Gasteiger partial charge is 0.493 e. The van der Waals surface area contributed by atoms with Gasteiger partial charge in [0, 0.05) is 16.8 Å². The van der Waals surface area contributed by atoms with Gasteiger partial charge in [-0.05, 0) is 57.2 Å². The van der Waals surface area contributed by atoms with Gasteiger partial charge in [0.2, 0.25) is 0 Å². The first kappa shape index (κ1) is 18.8. The molecule has 1 N–H and O–H groups in total. The maximum atomic E-state index is 12.5. The van der Waals surface area contributed by atoms with E-state index in [1.807, 2.05) is 13.8 Å². The molecule has 0 aliphatic rings.